The van der Waals surface area contributed by atoms with Crippen molar-refractivity contribution < 1.29 is 19.4 Å². The monoisotopic (exact) mass is 284 g/mol. The van der Waals surface area contributed by atoms with E-state index in [2.05, 4.69) is 4.98 Å². The van der Waals surface area contributed by atoms with E-state index in [9.17, 15) is 9.59 Å². The van der Waals surface area contributed by atoms with Gasteiger partial charge < -0.3 is 14.7 Å². The number of hydrogen-bond donors (Lipinski definition) is 1. The number of carbonyl (C=O) groups is 2. The highest BCUT2D eigenvalue weighted by molar-refractivity contribution is 7.09. The molecule has 1 N–H and O–H groups in total. The Morgan fingerprint density at radius 2 is 2.42 bits per heavy atom. The summed E-state index contributed by atoms with van der Waals surface area (Å²) < 4.78 is 5.15. The quantitative estimate of drug-likeness (QED) is 0.864. The zero-order chi connectivity index (χ0) is 13.8. The smallest absolute Gasteiger partial charge is 0.326 e. The van der Waals surface area contributed by atoms with Gasteiger partial charge in [0.05, 0.1) is 11.1 Å². The molecule has 2 unspecified atom stereocenters. The molecule has 1 aliphatic rings. The minimum Gasteiger partial charge on any atom is -0.480 e. The average Bonchev–Trinajstić information content (AvgIpc) is 3.04. The molecule has 19 heavy (non-hydrogen) atoms. The number of carbonyl (C=O) groups excluding carboxylic acids is 1. The number of aryl methyl sites for hydroxylation is 1. The first-order chi connectivity index (χ1) is 9.11. The normalized spacial score (nSPS) is 22.7. The van der Waals surface area contributed by atoms with E-state index >= 15 is 0 Å². The third-order valence-corrected chi connectivity index (χ3v) is 4.08. The highest BCUT2D eigenvalue weighted by Crippen LogP contribution is 2.21. The summed E-state index contributed by atoms with van der Waals surface area (Å²) in [5, 5.41) is 11.9. The van der Waals surface area contributed by atoms with Gasteiger partial charge in [0.2, 0.25) is 5.91 Å². The molecular formula is C12H16N2O4S. The second kappa shape index (κ2) is 6.12. The van der Waals surface area contributed by atoms with E-state index < -0.39 is 12.0 Å². The van der Waals surface area contributed by atoms with Gasteiger partial charge in [-0.15, -0.1) is 11.3 Å². The molecule has 1 aliphatic heterocycles. The van der Waals surface area contributed by atoms with Gasteiger partial charge in [-0.3, -0.25) is 4.79 Å². The van der Waals surface area contributed by atoms with Crippen LogP contribution in [-0.2, 0) is 20.7 Å². The van der Waals surface area contributed by atoms with Gasteiger partial charge in [0.25, 0.3) is 0 Å². The number of aromatic nitrogens is 1. The molecule has 1 saturated heterocycles. The Hall–Kier alpha value is -1.47. The van der Waals surface area contributed by atoms with Gasteiger partial charge in [-0.1, -0.05) is 0 Å². The third-order valence-electron chi connectivity index (χ3n) is 3.24. The van der Waals surface area contributed by atoms with E-state index in [1.54, 1.807) is 6.20 Å². The number of carboxylic acid groups (broad SMARTS) is 1. The lowest BCUT2D eigenvalue weighted by Crippen LogP contribution is -2.40. The Labute approximate surface area is 115 Å². The van der Waals surface area contributed by atoms with Gasteiger partial charge in [-0.25, -0.2) is 9.78 Å². The molecule has 0 saturated carbocycles. The number of ether oxygens (including phenoxy) is 1. The number of likely N-dealkylation sites (tertiary alicyclic amines) is 1. The minimum absolute atomic E-state index is 0.151. The molecule has 0 radical (unpaired) electrons. The van der Waals surface area contributed by atoms with Crippen LogP contribution in [0.4, 0.5) is 0 Å². The summed E-state index contributed by atoms with van der Waals surface area (Å²) in [4.78, 5) is 28.8. The fourth-order valence-electron chi connectivity index (χ4n) is 2.21. The predicted molar refractivity (Wildman–Crippen MR) is 69.0 cm³/mol. The van der Waals surface area contributed by atoms with E-state index in [0.29, 0.717) is 19.4 Å². The van der Waals surface area contributed by atoms with Crippen molar-refractivity contribution in [2.45, 2.75) is 31.4 Å². The Kier molecular flexibility index (Phi) is 4.49. The van der Waals surface area contributed by atoms with Crippen molar-refractivity contribution in [3.63, 3.8) is 0 Å². The second-order valence-electron chi connectivity index (χ2n) is 4.42. The Bertz CT molecular complexity index is 449. The maximum Gasteiger partial charge on any atom is 0.326 e. The Balaban J connectivity index is 1.94. The van der Waals surface area contributed by atoms with Crippen LogP contribution in [0.5, 0.6) is 0 Å². The van der Waals surface area contributed by atoms with E-state index in [-0.39, 0.29) is 18.4 Å². The number of thiazole rings is 1. The number of amides is 1. The molecule has 2 rings (SSSR count). The van der Waals surface area contributed by atoms with Crippen molar-refractivity contribution in [1.29, 1.82) is 0 Å². The van der Waals surface area contributed by atoms with Gasteiger partial charge in [0, 0.05) is 44.5 Å². The van der Waals surface area contributed by atoms with Crippen LogP contribution in [0.1, 0.15) is 17.8 Å². The highest BCUT2D eigenvalue weighted by Gasteiger charge is 2.39. The van der Waals surface area contributed by atoms with E-state index in [0.717, 1.165) is 5.01 Å². The zero-order valence-corrected chi connectivity index (χ0v) is 11.4. The summed E-state index contributed by atoms with van der Waals surface area (Å²) in [5.74, 6) is -1.12. The first kappa shape index (κ1) is 14.0. The summed E-state index contributed by atoms with van der Waals surface area (Å²) in [6.07, 6.45) is 2.70. The maximum atomic E-state index is 12.1. The standard InChI is InChI=1S/C12H16N2O4S/c1-18-8-6-9(12(16)17)14(7-8)11(15)3-2-10-13-4-5-19-10/h4-5,8-9H,2-3,6-7H2,1H3,(H,16,17). The van der Waals surface area contributed by atoms with Crippen LogP contribution in [0, 0.1) is 0 Å². The molecule has 1 amide bonds. The third kappa shape index (κ3) is 3.30. The summed E-state index contributed by atoms with van der Waals surface area (Å²) in [6.45, 7) is 0.351. The fourth-order valence-corrected chi connectivity index (χ4v) is 2.83. The van der Waals surface area contributed by atoms with Crippen molar-refractivity contribution in [2.75, 3.05) is 13.7 Å². The molecular weight excluding hydrogens is 268 g/mol. The van der Waals surface area contributed by atoms with Gasteiger partial charge in [-0.2, -0.15) is 0 Å². The van der Waals surface area contributed by atoms with E-state index in [1.807, 2.05) is 5.38 Å². The van der Waals surface area contributed by atoms with Crippen molar-refractivity contribution >= 4 is 23.2 Å². The average molecular weight is 284 g/mol. The lowest BCUT2D eigenvalue weighted by Gasteiger charge is -2.20. The van der Waals surface area contributed by atoms with Crippen molar-refractivity contribution in [2.24, 2.45) is 0 Å². The summed E-state index contributed by atoms with van der Waals surface area (Å²) >= 11 is 1.50. The molecule has 2 atom stereocenters. The number of rotatable bonds is 5. The molecule has 104 valence electrons. The van der Waals surface area contributed by atoms with E-state index in [1.165, 1.54) is 23.3 Å². The lowest BCUT2D eigenvalue weighted by molar-refractivity contribution is -0.148. The van der Waals surface area contributed by atoms with Gasteiger partial charge in [0.1, 0.15) is 6.04 Å². The molecule has 0 aliphatic carbocycles. The summed E-state index contributed by atoms with van der Waals surface area (Å²) in [5.41, 5.74) is 0. The van der Waals surface area contributed by atoms with Crippen LogP contribution in [0.15, 0.2) is 11.6 Å². The number of hydrogen-bond acceptors (Lipinski definition) is 5. The summed E-state index contributed by atoms with van der Waals surface area (Å²) in [7, 11) is 1.53. The molecule has 1 aromatic rings. The molecule has 7 heteroatoms. The molecule has 0 aromatic carbocycles. The van der Waals surface area contributed by atoms with Crippen LogP contribution >= 0.6 is 11.3 Å². The van der Waals surface area contributed by atoms with Crippen LogP contribution in [0.25, 0.3) is 0 Å². The fraction of sp³-hybridized carbons (Fsp3) is 0.583. The largest absolute Gasteiger partial charge is 0.480 e. The zero-order valence-electron chi connectivity index (χ0n) is 10.6. The second-order valence-corrected chi connectivity index (χ2v) is 5.40. The highest BCUT2D eigenvalue weighted by atomic mass is 32.1. The van der Waals surface area contributed by atoms with E-state index in [4.69, 9.17) is 9.84 Å². The molecule has 1 fully saturated rings. The van der Waals surface area contributed by atoms with Crippen LogP contribution in [0.2, 0.25) is 0 Å². The minimum atomic E-state index is -0.970. The summed E-state index contributed by atoms with van der Waals surface area (Å²) in [6, 6.07) is -0.770. The Morgan fingerprint density at radius 3 is 3.00 bits per heavy atom. The number of methoxy groups -OCH3 is 1. The van der Waals surface area contributed by atoms with Crippen molar-refractivity contribution in [1.82, 2.24) is 9.88 Å². The molecule has 6 nitrogen and oxygen atoms in total. The number of aliphatic carboxylic acids is 1. The van der Waals surface area contributed by atoms with Crippen LogP contribution in [0.3, 0.4) is 0 Å². The molecule has 1 aromatic heterocycles. The topological polar surface area (TPSA) is 79.7 Å². The van der Waals surface area contributed by atoms with Gasteiger partial charge >= 0.3 is 5.97 Å². The van der Waals surface area contributed by atoms with Crippen LogP contribution in [-0.4, -0.2) is 52.7 Å². The molecule has 0 spiro atoms. The van der Waals surface area contributed by atoms with Gasteiger partial charge in [0.15, 0.2) is 0 Å². The molecule has 0 bridgehead atoms. The predicted octanol–water partition coefficient (Wildman–Crippen LogP) is 0.776. The van der Waals surface area contributed by atoms with Crippen molar-refractivity contribution in [3.8, 4) is 0 Å². The Morgan fingerprint density at radius 1 is 1.63 bits per heavy atom. The van der Waals surface area contributed by atoms with Gasteiger partial charge in [-0.05, 0) is 0 Å². The van der Waals surface area contributed by atoms with Crippen LogP contribution < -0.4 is 0 Å². The molecule has 2 heterocycles. The number of carboxylic acids is 1. The first-order valence-electron chi connectivity index (χ1n) is 6.05. The first-order valence-corrected chi connectivity index (χ1v) is 6.93. The SMILES string of the molecule is COC1CC(C(=O)O)N(C(=O)CCc2nccs2)C1. The maximum absolute atomic E-state index is 12.1. The lowest BCUT2D eigenvalue weighted by atomic mass is 10.2. The van der Waals surface area contributed by atoms with Crippen molar-refractivity contribution in [3.05, 3.63) is 16.6 Å². The number of nitrogens with zero attached hydrogens (tertiary/aromatic N) is 2.